The Kier molecular flexibility index (Phi) is 5.66. The van der Waals surface area contributed by atoms with Crippen molar-refractivity contribution >= 4 is 38.9 Å². The van der Waals surface area contributed by atoms with Gasteiger partial charge in [-0.25, -0.2) is 13.4 Å². The Morgan fingerprint density at radius 1 is 1.14 bits per heavy atom. The van der Waals surface area contributed by atoms with Gasteiger partial charge >= 0.3 is 0 Å². The van der Waals surface area contributed by atoms with Gasteiger partial charge in [-0.05, 0) is 48.4 Å². The summed E-state index contributed by atoms with van der Waals surface area (Å²) in [6.07, 6.45) is 1.91. The smallest absolute Gasteiger partial charge is 0.295 e. The molecule has 0 aliphatic rings. The van der Waals surface area contributed by atoms with E-state index in [4.69, 9.17) is 11.6 Å². The molecule has 3 rings (SSSR count). The molecule has 0 fully saturated rings. The first-order valence-electron chi connectivity index (χ1n) is 8.37. The number of hydrogen-bond acceptors (Lipinski definition) is 5. The largest absolute Gasteiger partial charge is 0.319 e. The van der Waals surface area contributed by atoms with Crippen molar-refractivity contribution in [2.75, 3.05) is 10.0 Å². The molecule has 0 aliphatic carbocycles. The summed E-state index contributed by atoms with van der Waals surface area (Å²) in [5.41, 5.74) is 1.33. The first-order valence-corrected chi connectivity index (χ1v) is 10.2. The van der Waals surface area contributed by atoms with E-state index in [0.29, 0.717) is 28.4 Å². The molecule has 1 amide bonds. The van der Waals surface area contributed by atoms with Crippen molar-refractivity contribution in [3.63, 3.8) is 0 Å². The molecule has 28 heavy (non-hydrogen) atoms. The molecule has 1 heterocycles. The average molecular weight is 420 g/mol. The van der Waals surface area contributed by atoms with Crippen LogP contribution in [0, 0.1) is 0 Å². The Hall–Kier alpha value is -2.91. The van der Waals surface area contributed by atoms with Crippen molar-refractivity contribution in [3.05, 3.63) is 65.2 Å². The summed E-state index contributed by atoms with van der Waals surface area (Å²) in [4.78, 5) is 16.2. The van der Waals surface area contributed by atoms with E-state index in [1.165, 1.54) is 17.1 Å². The number of carbonyl (C=O) groups excluding carboxylic acids is 1. The first kappa shape index (κ1) is 19.8. The monoisotopic (exact) mass is 419 g/mol. The quantitative estimate of drug-likeness (QED) is 0.638. The molecule has 10 heteroatoms. The Morgan fingerprint density at radius 2 is 1.82 bits per heavy atom. The molecule has 0 bridgehead atoms. The molecule has 1 aromatic heterocycles. The molecule has 146 valence electrons. The molecule has 0 unspecified atom stereocenters. The van der Waals surface area contributed by atoms with Crippen molar-refractivity contribution < 1.29 is 13.2 Å². The van der Waals surface area contributed by atoms with Gasteiger partial charge in [0.15, 0.2) is 0 Å². The van der Waals surface area contributed by atoms with Gasteiger partial charge in [0.2, 0.25) is 5.82 Å². The second-order valence-corrected chi connectivity index (χ2v) is 8.07. The van der Waals surface area contributed by atoms with E-state index in [0.717, 1.165) is 0 Å². The van der Waals surface area contributed by atoms with E-state index in [9.17, 15) is 13.2 Å². The van der Waals surface area contributed by atoms with Gasteiger partial charge in [0.1, 0.15) is 6.33 Å². The number of aryl methyl sites for hydroxylation is 2. The molecular formula is C18H18ClN5O3S. The van der Waals surface area contributed by atoms with E-state index in [2.05, 4.69) is 20.1 Å². The highest BCUT2D eigenvalue weighted by Crippen LogP contribution is 2.25. The molecule has 3 aromatic rings. The van der Waals surface area contributed by atoms with Gasteiger partial charge < -0.3 is 5.32 Å². The maximum atomic E-state index is 12.9. The lowest BCUT2D eigenvalue weighted by Crippen LogP contribution is -2.17. The lowest BCUT2D eigenvalue weighted by molar-refractivity contribution is 0.101. The number of anilines is 2. The summed E-state index contributed by atoms with van der Waals surface area (Å²) in [6, 6.07) is 11.1. The Bertz CT molecular complexity index is 1110. The normalized spacial score (nSPS) is 11.2. The Labute approximate surface area is 167 Å². The molecule has 2 N–H and O–H groups in total. The number of rotatable bonds is 6. The zero-order valence-electron chi connectivity index (χ0n) is 15.2. The minimum absolute atomic E-state index is 0.00855. The number of nitrogens with zero attached hydrogens (tertiary/aromatic N) is 3. The van der Waals surface area contributed by atoms with Gasteiger partial charge in [0.25, 0.3) is 15.9 Å². The van der Waals surface area contributed by atoms with Gasteiger partial charge in [0, 0.05) is 23.4 Å². The fourth-order valence-electron chi connectivity index (χ4n) is 2.53. The molecule has 0 saturated carbocycles. The third-order valence-corrected chi connectivity index (χ3v) is 5.61. The fourth-order valence-corrected chi connectivity index (χ4v) is 4.05. The summed E-state index contributed by atoms with van der Waals surface area (Å²) >= 11 is 5.84. The van der Waals surface area contributed by atoms with Gasteiger partial charge in [-0.2, -0.15) is 0 Å². The van der Waals surface area contributed by atoms with Crippen LogP contribution < -0.4 is 10.0 Å². The van der Waals surface area contributed by atoms with E-state index in [1.807, 2.05) is 6.92 Å². The van der Waals surface area contributed by atoms with Crippen LogP contribution >= 0.6 is 11.6 Å². The third kappa shape index (κ3) is 4.49. The predicted molar refractivity (Wildman–Crippen MR) is 107 cm³/mol. The van der Waals surface area contributed by atoms with Crippen LogP contribution in [0.4, 0.5) is 11.4 Å². The molecule has 8 nitrogen and oxygen atoms in total. The van der Waals surface area contributed by atoms with Crippen LogP contribution in [0.15, 0.2) is 53.7 Å². The minimum atomic E-state index is -3.87. The van der Waals surface area contributed by atoms with Crippen molar-refractivity contribution in [1.29, 1.82) is 0 Å². The second-order valence-electron chi connectivity index (χ2n) is 5.98. The minimum Gasteiger partial charge on any atom is -0.319 e. The average Bonchev–Trinajstić information content (AvgIpc) is 3.10. The highest BCUT2D eigenvalue weighted by molar-refractivity contribution is 7.92. The highest BCUT2D eigenvalue weighted by atomic mass is 35.5. The SMILES string of the molecule is CCc1ccc(NC(=O)c2ncn(C)n2)cc1S(=O)(=O)Nc1ccc(Cl)cc1. The lowest BCUT2D eigenvalue weighted by Gasteiger charge is -2.13. The second kappa shape index (κ2) is 7.99. The molecule has 0 atom stereocenters. The number of nitrogens with one attached hydrogen (secondary N) is 2. The summed E-state index contributed by atoms with van der Waals surface area (Å²) in [7, 11) is -2.22. The number of halogens is 1. The molecule has 0 saturated heterocycles. The van der Waals surface area contributed by atoms with Crippen molar-refractivity contribution in [3.8, 4) is 0 Å². The topological polar surface area (TPSA) is 106 Å². The number of carbonyl (C=O) groups is 1. The van der Waals surface area contributed by atoms with Crippen molar-refractivity contribution in [1.82, 2.24) is 14.8 Å². The fraction of sp³-hybridized carbons (Fsp3) is 0.167. The molecule has 2 aromatic carbocycles. The first-order chi connectivity index (χ1) is 13.3. The molecule has 0 aliphatic heterocycles. The summed E-state index contributed by atoms with van der Waals surface area (Å²) in [5, 5.41) is 7.05. The number of benzene rings is 2. The zero-order valence-corrected chi connectivity index (χ0v) is 16.8. The number of sulfonamides is 1. The maximum Gasteiger partial charge on any atom is 0.295 e. The van der Waals surface area contributed by atoms with Crippen molar-refractivity contribution in [2.45, 2.75) is 18.2 Å². The van der Waals surface area contributed by atoms with E-state index in [1.54, 1.807) is 43.4 Å². The predicted octanol–water partition coefficient (Wildman–Crippen LogP) is 3.08. The Morgan fingerprint density at radius 3 is 2.43 bits per heavy atom. The van der Waals surface area contributed by atoms with E-state index in [-0.39, 0.29) is 10.7 Å². The van der Waals surface area contributed by atoms with Gasteiger partial charge in [0.05, 0.1) is 4.90 Å². The van der Waals surface area contributed by atoms with Crippen LogP contribution in [0.1, 0.15) is 23.1 Å². The van der Waals surface area contributed by atoms with Gasteiger partial charge in [-0.15, -0.1) is 5.10 Å². The lowest BCUT2D eigenvalue weighted by atomic mass is 10.1. The number of aromatic nitrogens is 3. The molecular weight excluding hydrogens is 402 g/mol. The van der Waals surface area contributed by atoms with Crippen molar-refractivity contribution in [2.24, 2.45) is 7.05 Å². The Balaban J connectivity index is 1.89. The van der Waals surface area contributed by atoms with E-state index >= 15 is 0 Å². The zero-order chi connectivity index (χ0) is 20.3. The third-order valence-electron chi connectivity index (χ3n) is 3.89. The molecule has 0 radical (unpaired) electrons. The number of hydrogen-bond donors (Lipinski definition) is 2. The summed E-state index contributed by atoms with van der Waals surface area (Å²) < 4.78 is 29.7. The van der Waals surface area contributed by atoms with Crippen LogP contribution in [0.3, 0.4) is 0 Å². The van der Waals surface area contributed by atoms with Crippen LogP contribution in [0.25, 0.3) is 0 Å². The number of amides is 1. The standard InChI is InChI=1S/C18H18ClN5O3S/c1-3-12-4-7-15(21-18(25)17-20-11-24(2)22-17)10-16(12)28(26,27)23-14-8-5-13(19)6-9-14/h4-11,23H,3H2,1-2H3,(H,21,25). The van der Waals surface area contributed by atoms with Crippen LogP contribution in [-0.4, -0.2) is 29.1 Å². The molecule has 0 spiro atoms. The maximum absolute atomic E-state index is 12.9. The van der Waals surface area contributed by atoms with Crippen LogP contribution in [0.5, 0.6) is 0 Å². The highest BCUT2D eigenvalue weighted by Gasteiger charge is 2.20. The van der Waals surface area contributed by atoms with E-state index < -0.39 is 15.9 Å². The summed E-state index contributed by atoms with van der Waals surface area (Å²) in [6.45, 7) is 1.85. The summed E-state index contributed by atoms with van der Waals surface area (Å²) in [5.74, 6) is -0.537. The van der Waals surface area contributed by atoms with Crippen LogP contribution in [-0.2, 0) is 23.5 Å². The van der Waals surface area contributed by atoms with Gasteiger partial charge in [-0.1, -0.05) is 24.6 Å². The van der Waals surface area contributed by atoms with Gasteiger partial charge in [-0.3, -0.25) is 14.2 Å². The van der Waals surface area contributed by atoms with Crippen LogP contribution in [0.2, 0.25) is 5.02 Å².